The van der Waals surface area contributed by atoms with E-state index in [1.807, 2.05) is 0 Å². The molecule has 1 aromatic carbocycles. The summed E-state index contributed by atoms with van der Waals surface area (Å²) in [6.07, 6.45) is 5.26. The molecular formula is C13H16Cl2N2O. The summed E-state index contributed by atoms with van der Waals surface area (Å²) in [6, 6.07) is 3.16. The van der Waals surface area contributed by atoms with Gasteiger partial charge in [0.05, 0.1) is 15.7 Å². The van der Waals surface area contributed by atoms with Crippen LogP contribution in [0.2, 0.25) is 10.0 Å². The first-order valence-electron chi connectivity index (χ1n) is 6.10. The first-order chi connectivity index (χ1) is 8.56. The minimum absolute atomic E-state index is 0.0320. The van der Waals surface area contributed by atoms with Crippen molar-refractivity contribution in [2.45, 2.75) is 32.1 Å². The van der Waals surface area contributed by atoms with Crippen molar-refractivity contribution >= 4 is 40.5 Å². The van der Waals surface area contributed by atoms with Crippen LogP contribution in [0, 0.1) is 5.92 Å². The van der Waals surface area contributed by atoms with Crippen molar-refractivity contribution in [2.24, 2.45) is 5.92 Å². The molecule has 18 heavy (non-hydrogen) atoms. The zero-order valence-corrected chi connectivity index (χ0v) is 11.5. The van der Waals surface area contributed by atoms with E-state index in [0.29, 0.717) is 33.8 Å². The Morgan fingerprint density at radius 3 is 2.39 bits per heavy atom. The van der Waals surface area contributed by atoms with E-state index in [1.165, 1.54) is 12.8 Å². The highest BCUT2D eigenvalue weighted by molar-refractivity contribution is 6.40. The number of hydrogen-bond donors (Lipinski definition) is 2. The van der Waals surface area contributed by atoms with Crippen LogP contribution in [0.5, 0.6) is 0 Å². The van der Waals surface area contributed by atoms with Crippen molar-refractivity contribution in [3.63, 3.8) is 0 Å². The highest BCUT2D eigenvalue weighted by Crippen LogP contribution is 2.34. The van der Waals surface area contributed by atoms with Gasteiger partial charge in [-0.2, -0.15) is 0 Å². The zero-order valence-electron chi connectivity index (χ0n) is 10.0. The van der Waals surface area contributed by atoms with E-state index in [1.54, 1.807) is 12.1 Å². The number of carbonyl (C=O) groups excluding carboxylic acids is 1. The molecular weight excluding hydrogens is 271 g/mol. The Morgan fingerprint density at radius 1 is 1.28 bits per heavy atom. The van der Waals surface area contributed by atoms with Crippen LogP contribution >= 0.6 is 23.2 Å². The van der Waals surface area contributed by atoms with Gasteiger partial charge < -0.3 is 11.1 Å². The van der Waals surface area contributed by atoms with Crippen molar-refractivity contribution in [1.82, 2.24) is 0 Å². The Hall–Kier alpha value is -0.930. The van der Waals surface area contributed by atoms with Gasteiger partial charge in [0.2, 0.25) is 5.91 Å². The molecule has 0 saturated heterocycles. The number of amides is 1. The fourth-order valence-electron chi connectivity index (χ4n) is 2.38. The number of halogens is 2. The van der Waals surface area contributed by atoms with Crippen LogP contribution in [0.15, 0.2) is 12.1 Å². The summed E-state index contributed by atoms with van der Waals surface area (Å²) in [7, 11) is 0. The Bertz CT molecular complexity index is 433. The first-order valence-corrected chi connectivity index (χ1v) is 6.86. The molecule has 0 aromatic heterocycles. The summed E-state index contributed by atoms with van der Waals surface area (Å²) in [6.45, 7) is 0. The third-order valence-electron chi connectivity index (χ3n) is 3.28. The van der Waals surface area contributed by atoms with Gasteiger partial charge in [0.1, 0.15) is 0 Å². The van der Waals surface area contributed by atoms with E-state index in [0.717, 1.165) is 12.8 Å². The predicted octanol–water partition coefficient (Wildman–Crippen LogP) is 4.09. The van der Waals surface area contributed by atoms with Gasteiger partial charge in [-0.05, 0) is 30.9 Å². The average Bonchev–Trinajstić information content (AvgIpc) is 2.76. The molecule has 98 valence electrons. The fraction of sp³-hybridized carbons (Fsp3) is 0.462. The van der Waals surface area contributed by atoms with Crippen LogP contribution in [-0.2, 0) is 4.79 Å². The Morgan fingerprint density at radius 2 is 1.83 bits per heavy atom. The molecule has 3 nitrogen and oxygen atoms in total. The molecule has 0 aliphatic heterocycles. The van der Waals surface area contributed by atoms with E-state index >= 15 is 0 Å². The minimum atomic E-state index is -0.0320. The van der Waals surface area contributed by atoms with Gasteiger partial charge in [0, 0.05) is 12.1 Å². The molecule has 0 radical (unpaired) electrons. The standard InChI is InChI=1S/C13H16Cl2N2O/c14-10-6-9(16)7-11(15)13(10)17-12(18)5-8-3-1-2-4-8/h6-8H,1-5,16H2,(H,17,18). The molecule has 1 aliphatic rings. The van der Waals surface area contributed by atoms with Gasteiger partial charge >= 0.3 is 0 Å². The maximum Gasteiger partial charge on any atom is 0.224 e. The van der Waals surface area contributed by atoms with Crippen molar-refractivity contribution in [3.05, 3.63) is 22.2 Å². The van der Waals surface area contributed by atoms with Gasteiger partial charge in [-0.1, -0.05) is 36.0 Å². The van der Waals surface area contributed by atoms with Crippen LogP contribution in [0.25, 0.3) is 0 Å². The lowest BCUT2D eigenvalue weighted by Gasteiger charge is -2.12. The summed E-state index contributed by atoms with van der Waals surface area (Å²) >= 11 is 12.0. The quantitative estimate of drug-likeness (QED) is 0.822. The van der Waals surface area contributed by atoms with Crippen molar-refractivity contribution in [3.8, 4) is 0 Å². The Labute approximate surface area is 117 Å². The van der Waals surface area contributed by atoms with Crippen molar-refractivity contribution in [2.75, 3.05) is 11.1 Å². The lowest BCUT2D eigenvalue weighted by Crippen LogP contribution is -2.15. The largest absolute Gasteiger partial charge is 0.399 e. The molecule has 1 amide bonds. The molecule has 0 heterocycles. The maximum atomic E-state index is 11.9. The SMILES string of the molecule is Nc1cc(Cl)c(NC(=O)CC2CCCC2)c(Cl)c1. The third-order valence-corrected chi connectivity index (χ3v) is 3.87. The van der Waals surface area contributed by atoms with Crippen molar-refractivity contribution < 1.29 is 4.79 Å². The van der Waals surface area contributed by atoms with Crippen LogP contribution in [0.4, 0.5) is 11.4 Å². The zero-order chi connectivity index (χ0) is 13.1. The highest BCUT2D eigenvalue weighted by Gasteiger charge is 2.19. The average molecular weight is 287 g/mol. The van der Waals surface area contributed by atoms with Crippen LogP contribution in [0.3, 0.4) is 0 Å². The second-order valence-corrected chi connectivity index (χ2v) is 5.58. The first kappa shape index (κ1) is 13.5. The highest BCUT2D eigenvalue weighted by atomic mass is 35.5. The van der Waals surface area contributed by atoms with Crippen LogP contribution in [0.1, 0.15) is 32.1 Å². The molecule has 1 fully saturated rings. The fourth-order valence-corrected chi connectivity index (χ4v) is 2.98. The number of benzene rings is 1. The number of nitrogens with two attached hydrogens (primary N) is 1. The molecule has 1 saturated carbocycles. The van der Waals surface area contributed by atoms with Gasteiger partial charge in [0.15, 0.2) is 0 Å². The molecule has 3 N–H and O–H groups in total. The normalized spacial score (nSPS) is 15.9. The van der Waals surface area contributed by atoms with Crippen molar-refractivity contribution in [1.29, 1.82) is 0 Å². The molecule has 0 bridgehead atoms. The Balaban J connectivity index is 2.02. The predicted molar refractivity (Wildman–Crippen MR) is 76.1 cm³/mol. The molecule has 0 spiro atoms. The molecule has 1 aromatic rings. The second-order valence-electron chi connectivity index (χ2n) is 4.76. The lowest BCUT2D eigenvalue weighted by molar-refractivity contribution is -0.117. The monoisotopic (exact) mass is 286 g/mol. The number of carbonyl (C=O) groups is 1. The number of anilines is 2. The van der Waals surface area contributed by atoms with E-state index in [2.05, 4.69) is 5.32 Å². The van der Waals surface area contributed by atoms with Gasteiger partial charge in [-0.3, -0.25) is 4.79 Å². The Kier molecular flexibility index (Phi) is 4.36. The molecule has 1 aliphatic carbocycles. The summed E-state index contributed by atoms with van der Waals surface area (Å²) in [5.41, 5.74) is 6.55. The molecule has 5 heteroatoms. The molecule has 0 atom stereocenters. The topological polar surface area (TPSA) is 55.1 Å². The summed E-state index contributed by atoms with van der Waals surface area (Å²) in [4.78, 5) is 11.9. The van der Waals surface area contributed by atoms with Gasteiger partial charge in [-0.25, -0.2) is 0 Å². The lowest BCUT2D eigenvalue weighted by atomic mass is 10.0. The number of nitrogens with one attached hydrogen (secondary N) is 1. The van der Waals surface area contributed by atoms with E-state index in [-0.39, 0.29) is 5.91 Å². The van der Waals surface area contributed by atoms with Gasteiger partial charge in [0.25, 0.3) is 0 Å². The summed E-state index contributed by atoms with van der Waals surface area (Å²) in [5.74, 6) is 0.465. The maximum absolute atomic E-state index is 11.9. The van der Waals surface area contributed by atoms with E-state index < -0.39 is 0 Å². The number of hydrogen-bond acceptors (Lipinski definition) is 2. The van der Waals surface area contributed by atoms with Gasteiger partial charge in [-0.15, -0.1) is 0 Å². The second kappa shape index (κ2) is 5.81. The smallest absolute Gasteiger partial charge is 0.224 e. The van der Waals surface area contributed by atoms with E-state index in [4.69, 9.17) is 28.9 Å². The molecule has 2 rings (SSSR count). The van der Waals surface area contributed by atoms with Crippen LogP contribution < -0.4 is 11.1 Å². The third kappa shape index (κ3) is 3.30. The molecule has 0 unspecified atom stereocenters. The van der Waals surface area contributed by atoms with E-state index in [9.17, 15) is 4.79 Å². The number of rotatable bonds is 3. The minimum Gasteiger partial charge on any atom is -0.399 e. The number of nitrogen functional groups attached to an aromatic ring is 1. The van der Waals surface area contributed by atoms with Crippen LogP contribution in [-0.4, -0.2) is 5.91 Å². The summed E-state index contributed by atoms with van der Waals surface area (Å²) < 4.78 is 0. The summed E-state index contributed by atoms with van der Waals surface area (Å²) in [5, 5.41) is 3.52.